The molecule has 0 radical (unpaired) electrons. The molecule has 0 aliphatic rings. The van der Waals surface area contributed by atoms with Gasteiger partial charge >= 0.3 is 5.97 Å². The molecule has 0 aliphatic heterocycles. The van der Waals surface area contributed by atoms with Crippen molar-refractivity contribution in [3.8, 4) is 0 Å². The van der Waals surface area contributed by atoms with Gasteiger partial charge in [0.15, 0.2) is 0 Å². The number of nitro groups is 1. The van der Waals surface area contributed by atoms with Gasteiger partial charge in [-0.15, -0.1) is 0 Å². The van der Waals surface area contributed by atoms with E-state index in [9.17, 15) is 14.9 Å². The maximum absolute atomic E-state index is 11.4. The molecule has 5 nitrogen and oxygen atoms in total. The number of hydrogen-bond donors (Lipinski definition) is 0. The van der Waals surface area contributed by atoms with Crippen molar-refractivity contribution in [1.29, 1.82) is 0 Å². The number of esters is 1. The number of nitrogens with zero attached hydrogens (tertiary/aromatic N) is 1. The van der Waals surface area contributed by atoms with Crippen LogP contribution >= 0.6 is 0 Å². The third-order valence-electron chi connectivity index (χ3n) is 1.95. The zero-order valence-corrected chi connectivity index (χ0v) is 10.9. The van der Waals surface area contributed by atoms with Crippen molar-refractivity contribution in [2.75, 3.05) is 6.54 Å². The lowest BCUT2D eigenvalue weighted by Gasteiger charge is -2.18. The summed E-state index contributed by atoms with van der Waals surface area (Å²) in [5, 5.41) is 10.4. The molecule has 5 heteroatoms. The molecule has 0 saturated carbocycles. The van der Waals surface area contributed by atoms with Crippen LogP contribution in [0.2, 0.25) is 0 Å². The highest BCUT2D eigenvalue weighted by Gasteiger charge is 2.15. The summed E-state index contributed by atoms with van der Waals surface area (Å²) in [6.45, 7) is 7.14. The Hall–Kier alpha value is -1.39. The SMILES string of the molecule is CCCC(/C=C/C(=O)OC(C)(C)C)C[N+](=O)[O-]. The van der Waals surface area contributed by atoms with Crippen molar-refractivity contribution in [3.63, 3.8) is 0 Å². The van der Waals surface area contributed by atoms with Gasteiger partial charge in [-0.3, -0.25) is 10.1 Å². The predicted octanol–water partition coefficient (Wildman–Crippen LogP) is 2.58. The molecule has 0 bridgehead atoms. The fraction of sp³-hybridized carbons (Fsp3) is 0.750. The van der Waals surface area contributed by atoms with E-state index in [0.717, 1.165) is 6.42 Å². The monoisotopic (exact) mass is 243 g/mol. The van der Waals surface area contributed by atoms with Gasteiger partial charge < -0.3 is 4.74 Å². The quantitative estimate of drug-likeness (QED) is 0.311. The minimum Gasteiger partial charge on any atom is -0.457 e. The molecule has 0 saturated heterocycles. The van der Waals surface area contributed by atoms with Gasteiger partial charge in [0.1, 0.15) is 5.60 Å². The highest BCUT2D eigenvalue weighted by atomic mass is 16.6. The highest BCUT2D eigenvalue weighted by Crippen LogP contribution is 2.11. The molecule has 0 aromatic heterocycles. The van der Waals surface area contributed by atoms with E-state index in [0.29, 0.717) is 6.42 Å². The molecule has 98 valence electrons. The van der Waals surface area contributed by atoms with E-state index in [1.54, 1.807) is 26.8 Å². The van der Waals surface area contributed by atoms with Crippen LogP contribution in [0.15, 0.2) is 12.2 Å². The van der Waals surface area contributed by atoms with Gasteiger partial charge in [0.25, 0.3) is 0 Å². The summed E-state index contributed by atoms with van der Waals surface area (Å²) in [6, 6.07) is 0. The maximum Gasteiger partial charge on any atom is 0.330 e. The first-order valence-electron chi connectivity index (χ1n) is 5.77. The maximum atomic E-state index is 11.4. The Morgan fingerprint density at radius 3 is 2.47 bits per heavy atom. The first-order chi connectivity index (χ1) is 7.74. The van der Waals surface area contributed by atoms with Crippen LogP contribution in [-0.4, -0.2) is 23.0 Å². The molecule has 17 heavy (non-hydrogen) atoms. The van der Waals surface area contributed by atoms with E-state index in [1.165, 1.54) is 6.08 Å². The predicted molar refractivity (Wildman–Crippen MR) is 65.2 cm³/mol. The lowest BCUT2D eigenvalue weighted by atomic mass is 10.0. The molecule has 0 N–H and O–H groups in total. The third kappa shape index (κ3) is 9.53. The molecule has 0 fully saturated rings. The number of rotatable bonds is 6. The van der Waals surface area contributed by atoms with Gasteiger partial charge in [-0.1, -0.05) is 19.4 Å². The topological polar surface area (TPSA) is 69.4 Å². The Kier molecular flexibility index (Phi) is 6.46. The van der Waals surface area contributed by atoms with Crippen LogP contribution in [0.4, 0.5) is 0 Å². The van der Waals surface area contributed by atoms with Crippen molar-refractivity contribution in [1.82, 2.24) is 0 Å². The number of ether oxygens (including phenoxy) is 1. The van der Waals surface area contributed by atoms with Crippen LogP contribution in [0.25, 0.3) is 0 Å². The lowest BCUT2D eigenvalue weighted by Crippen LogP contribution is -2.22. The van der Waals surface area contributed by atoms with Gasteiger partial charge in [-0.05, 0) is 27.2 Å². The average molecular weight is 243 g/mol. The van der Waals surface area contributed by atoms with Gasteiger partial charge in [0, 0.05) is 16.9 Å². The Morgan fingerprint density at radius 2 is 2.06 bits per heavy atom. The van der Waals surface area contributed by atoms with Crippen molar-refractivity contribution < 1.29 is 14.5 Å². The van der Waals surface area contributed by atoms with Gasteiger partial charge in [-0.2, -0.15) is 0 Å². The summed E-state index contributed by atoms with van der Waals surface area (Å²) in [4.78, 5) is 21.4. The normalized spacial score (nSPS) is 13.6. The lowest BCUT2D eigenvalue weighted by molar-refractivity contribution is -0.486. The van der Waals surface area contributed by atoms with Gasteiger partial charge in [0.05, 0.1) is 0 Å². The first-order valence-corrected chi connectivity index (χ1v) is 5.77. The fourth-order valence-corrected chi connectivity index (χ4v) is 1.36. The molecule has 0 aliphatic carbocycles. The van der Waals surface area contributed by atoms with Crippen LogP contribution < -0.4 is 0 Å². The Morgan fingerprint density at radius 1 is 1.47 bits per heavy atom. The zero-order valence-electron chi connectivity index (χ0n) is 10.9. The van der Waals surface area contributed by atoms with E-state index in [4.69, 9.17) is 4.74 Å². The number of carbonyl (C=O) groups is 1. The second-order valence-corrected chi connectivity index (χ2v) is 4.96. The minimum atomic E-state index is -0.537. The van der Waals surface area contributed by atoms with Crippen LogP contribution in [0.3, 0.4) is 0 Å². The molecule has 1 unspecified atom stereocenters. The molecule has 0 aromatic carbocycles. The molecule has 0 aromatic rings. The molecule has 0 heterocycles. The summed E-state index contributed by atoms with van der Waals surface area (Å²) >= 11 is 0. The average Bonchev–Trinajstić information content (AvgIpc) is 2.11. The highest BCUT2D eigenvalue weighted by molar-refractivity contribution is 5.82. The fourth-order valence-electron chi connectivity index (χ4n) is 1.36. The summed E-state index contributed by atoms with van der Waals surface area (Å²) < 4.78 is 5.08. The standard InChI is InChI=1S/C12H21NO4/c1-5-6-10(9-13(15)16)7-8-11(14)17-12(2,3)4/h7-8,10H,5-6,9H2,1-4H3/b8-7+. The largest absolute Gasteiger partial charge is 0.457 e. The second kappa shape index (κ2) is 7.04. The molecule has 0 amide bonds. The summed E-state index contributed by atoms with van der Waals surface area (Å²) in [6.07, 6.45) is 4.40. The van der Waals surface area contributed by atoms with Crippen molar-refractivity contribution in [2.24, 2.45) is 5.92 Å². The molecule has 1 atom stereocenters. The number of carbonyl (C=O) groups excluding carboxylic acids is 1. The van der Waals surface area contributed by atoms with E-state index in [-0.39, 0.29) is 17.4 Å². The van der Waals surface area contributed by atoms with Crippen molar-refractivity contribution >= 4 is 5.97 Å². The minimum absolute atomic E-state index is 0.146. The molecule has 0 rings (SSSR count). The van der Waals surface area contributed by atoms with Crippen molar-refractivity contribution in [3.05, 3.63) is 22.3 Å². The molecular weight excluding hydrogens is 222 g/mol. The summed E-state index contributed by atoms with van der Waals surface area (Å²) in [5.74, 6) is -0.663. The second-order valence-electron chi connectivity index (χ2n) is 4.96. The molecular formula is C12H21NO4. The van der Waals surface area contributed by atoms with E-state index >= 15 is 0 Å². The van der Waals surface area contributed by atoms with E-state index < -0.39 is 11.6 Å². The van der Waals surface area contributed by atoms with Gasteiger partial charge in [-0.25, -0.2) is 4.79 Å². The van der Waals surface area contributed by atoms with Crippen LogP contribution in [0.5, 0.6) is 0 Å². The van der Waals surface area contributed by atoms with Crippen LogP contribution in [-0.2, 0) is 9.53 Å². The van der Waals surface area contributed by atoms with Gasteiger partial charge in [0.2, 0.25) is 6.54 Å². The van der Waals surface area contributed by atoms with Crippen LogP contribution in [0, 0.1) is 16.0 Å². The smallest absolute Gasteiger partial charge is 0.330 e. The van der Waals surface area contributed by atoms with E-state index in [2.05, 4.69) is 0 Å². The molecule has 0 spiro atoms. The Balaban J connectivity index is 4.33. The zero-order chi connectivity index (χ0) is 13.5. The van der Waals surface area contributed by atoms with E-state index in [1.807, 2.05) is 6.92 Å². The first kappa shape index (κ1) is 15.6. The third-order valence-corrected chi connectivity index (χ3v) is 1.95. The summed E-state index contributed by atoms with van der Waals surface area (Å²) in [5.41, 5.74) is -0.537. The Labute approximate surface area is 102 Å². The number of hydrogen-bond acceptors (Lipinski definition) is 4. The Bertz CT molecular complexity index is 291. The van der Waals surface area contributed by atoms with Crippen LogP contribution in [0.1, 0.15) is 40.5 Å². The van der Waals surface area contributed by atoms with Crippen molar-refractivity contribution in [2.45, 2.75) is 46.1 Å². The summed E-state index contributed by atoms with van der Waals surface area (Å²) in [7, 11) is 0.